The van der Waals surface area contributed by atoms with Crippen molar-refractivity contribution in [3.05, 3.63) is 71.3 Å². The molecule has 0 saturated carbocycles. The minimum atomic E-state index is -0.108. The van der Waals surface area contributed by atoms with Crippen molar-refractivity contribution < 1.29 is 14.3 Å². The molecule has 0 aliphatic carbocycles. The first-order chi connectivity index (χ1) is 11.6. The number of ether oxygens (including phenoxy) is 1. The van der Waals surface area contributed by atoms with Crippen LogP contribution in [-0.4, -0.2) is 24.3 Å². The Balaban J connectivity index is 1.62. The van der Waals surface area contributed by atoms with Crippen LogP contribution in [0.1, 0.15) is 52.1 Å². The normalized spacial score (nSPS) is 20.4. The minimum absolute atomic E-state index is 0.00269. The molecule has 0 spiro atoms. The topological polar surface area (TPSA) is 55.4 Å². The van der Waals surface area contributed by atoms with E-state index in [1.807, 2.05) is 18.2 Å². The molecule has 1 heterocycles. The van der Waals surface area contributed by atoms with Crippen LogP contribution >= 0.6 is 0 Å². The van der Waals surface area contributed by atoms with Crippen molar-refractivity contribution in [1.29, 1.82) is 0 Å². The Morgan fingerprint density at radius 3 is 2.33 bits per heavy atom. The van der Waals surface area contributed by atoms with Crippen molar-refractivity contribution in [2.24, 2.45) is 0 Å². The SMILES string of the molecule is CC(=O)c1ccc(C(=O)NC2CCOC(c3ccccc3)C2)cc1. The fourth-order valence-corrected chi connectivity index (χ4v) is 2.95. The third-order valence-electron chi connectivity index (χ3n) is 4.34. The van der Waals surface area contributed by atoms with Crippen molar-refractivity contribution >= 4 is 11.7 Å². The monoisotopic (exact) mass is 323 g/mol. The molecule has 4 nitrogen and oxygen atoms in total. The Labute approximate surface area is 141 Å². The molecule has 0 bridgehead atoms. The molecule has 0 aromatic heterocycles. The standard InChI is InChI=1S/C20H21NO3/c1-14(22)15-7-9-17(10-8-15)20(23)21-18-11-12-24-19(13-18)16-5-3-2-4-6-16/h2-10,18-19H,11-13H2,1H3,(H,21,23). The van der Waals surface area contributed by atoms with Gasteiger partial charge >= 0.3 is 0 Å². The van der Waals surface area contributed by atoms with Gasteiger partial charge in [-0.25, -0.2) is 0 Å². The molecular weight excluding hydrogens is 302 g/mol. The number of carbonyl (C=O) groups is 2. The first kappa shape index (κ1) is 16.4. The summed E-state index contributed by atoms with van der Waals surface area (Å²) in [5.74, 6) is -0.110. The third-order valence-corrected chi connectivity index (χ3v) is 4.34. The van der Waals surface area contributed by atoms with Crippen molar-refractivity contribution in [3.63, 3.8) is 0 Å². The maximum absolute atomic E-state index is 12.4. The maximum atomic E-state index is 12.4. The van der Waals surface area contributed by atoms with Gasteiger partial charge in [0, 0.05) is 23.8 Å². The summed E-state index contributed by atoms with van der Waals surface area (Å²) >= 11 is 0. The second kappa shape index (κ2) is 7.41. The fourth-order valence-electron chi connectivity index (χ4n) is 2.95. The average molecular weight is 323 g/mol. The van der Waals surface area contributed by atoms with Gasteiger partial charge in [0.2, 0.25) is 0 Å². The second-order valence-electron chi connectivity index (χ2n) is 6.10. The van der Waals surface area contributed by atoms with Crippen LogP contribution in [0.5, 0.6) is 0 Å². The zero-order chi connectivity index (χ0) is 16.9. The average Bonchev–Trinajstić information content (AvgIpc) is 2.63. The number of hydrogen-bond donors (Lipinski definition) is 1. The predicted octanol–water partition coefficient (Wildman–Crippen LogP) is 3.54. The molecular formula is C20H21NO3. The second-order valence-corrected chi connectivity index (χ2v) is 6.10. The molecule has 1 amide bonds. The van der Waals surface area contributed by atoms with Gasteiger partial charge in [0.15, 0.2) is 5.78 Å². The highest BCUT2D eigenvalue weighted by Crippen LogP contribution is 2.28. The molecule has 2 aromatic rings. The molecule has 124 valence electrons. The van der Waals surface area contributed by atoms with Gasteiger partial charge in [-0.2, -0.15) is 0 Å². The van der Waals surface area contributed by atoms with Gasteiger partial charge in [-0.15, -0.1) is 0 Å². The molecule has 1 aliphatic rings. The number of hydrogen-bond acceptors (Lipinski definition) is 3. The number of carbonyl (C=O) groups excluding carboxylic acids is 2. The van der Waals surface area contributed by atoms with E-state index in [0.717, 1.165) is 18.4 Å². The summed E-state index contributed by atoms with van der Waals surface area (Å²) in [6.45, 7) is 2.15. The summed E-state index contributed by atoms with van der Waals surface area (Å²) in [6, 6.07) is 16.9. The summed E-state index contributed by atoms with van der Waals surface area (Å²) < 4.78 is 5.83. The summed E-state index contributed by atoms with van der Waals surface area (Å²) in [5.41, 5.74) is 2.33. The molecule has 2 aromatic carbocycles. The van der Waals surface area contributed by atoms with Crippen molar-refractivity contribution in [1.82, 2.24) is 5.32 Å². The van der Waals surface area contributed by atoms with Crippen molar-refractivity contribution in [2.45, 2.75) is 31.9 Å². The number of Topliss-reactive ketones (excluding diaryl/α,β-unsaturated/α-hetero) is 1. The van der Waals surface area contributed by atoms with Crippen LogP contribution in [0.15, 0.2) is 54.6 Å². The number of benzene rings is 2. The minimum Gasteiger partial charge on any atom is -0.373 e. The van der Waals surface area contributed by atoms with Gasteiger partial charge in [-0.1, -0.05) is 42.5 Å². The van der Waals surface area contributed by atoms with E-state index in [1.165, 1.54) is 6.92 Å². The van der Waals surface area contributed by atoms with Crippen molar-refractivity contribution in [3.8, 4) is 0 Å². The predicted molar refractivity (Wildman–Crippen MR) is 92.1 cm³/mol. The lowest BCUT2D eigenvalue weighted by atomic mass is 9.97. The lowest BCUT2D eigenvalue weighted by Crippen LogP contribution is -2.39. The highest BCUT2D eigenvalue weighted by molar-refractivity contribution is 5.97. The first-order valence-electron chi connectivity index (χ1n) is 8.22. The number of nitrogens with one attached hydrogen (secondary N) is 1. The first-order valence-corrected chi connectivity index (χ1v) is 8.22. The summed E-state index contributed by atoms with van der Waals surface area (Å²) in [5, 5.41) is 3.08. The van der Waals surface area contributed by atoms with E-state index >= 15 is 0 Å². The van der Waals surface area contributed by atoms with Gasteiger partial charge < -0.3 is 10.1 Å². The van der Waals surface area contributed by atoms with E-state index in [9.17, 15) is 9.59 Å². The molecule has 4 heteroatoms. The molecule has 1 N–H and O–H groups in total. The van der Waals surface area contributed by atoms with Crippen LogP contribution in [0, 0.1) is 0 Å². The van der Waals surface area contributed by atoms with Crippen LogP contribution in [0.2, 0.25) is 0 Å². The molecule has 0 radical (unpaired) electrons. The van der Waals surface area contributed by atoms with E-state index in [4.69, 9.17) is 4.74 Å². The van der Waals surface area contributed by atoms with Crippen LogP contribution < -0.4 is 5.32 Å². The van der Waals surface area contributed by atoms with E-state index in [1.54, 1.807) is 24.3 Å². The smallest absolute Gasteiger partial charge is 0.251 e. The number of ketones is 1. The fraction of sp³-hybridized carbons (Fsp3) is 0.300. The quantitative estimate of drug-likeness (QED) is 0.876. The van der Waals surface area contributed by atoms with Gasteiger partial charge in [0.25, 0.3) is 5.91 Å². The molecule has 1 aliphatic heterocycles. The van der Waals surface area contributed by atoms with E-state index < -0.39 is 0 Å². The van der Waals surface area contributed by atoms with Gasteiger partial charge in [0.05, 0.1) is 6.10 Å². The Morgan fingerprint density at radius 1 is 1.00 bits per heavy atom. The molecule has 24 heavy (non-hydrogen) atoms. The van der Waals surface area contributed by atoms with Gasteiger partial charge in [-0.3, -0.25) is 9.59 Å². The van der Waals surface area contributed by atoms with Crippen LogP contribution in [0.4, 0.5) is 0 Å². The summed E-state index contributed by atoms with van der Waals surface area (Å²) in [4.78, 5) is 23.7. The lowest BCUT2D eigenvalue weighted by Gasteiger charge is -2.30. The van der Waals surface area contributed by atoms with Crippen molar-refractivity contribution in [2.75, 3.05) is 6.61 Å². The van der Waals surface area contributed by atoms with Gasteiger partial charge in [0.1, 0.15) is 0 Å². The highest BCUT2D eigenvalue weighted by atomic mass is 16.5. The Bertz CT molecular complexity index is 709. The zero-order valence-corrected chi connectivity index (χ0v) is 13.7. The highest BCUT2D eigenvalue weighted by Gasteiger charge is 2.25. The van der Waals surface area contributed by atoms with E-state index in [0.29, 0.717) is 17.7 Å². The zero-order valence-electron chi connectivity index (χ0n) is 13.7. The Kier molecular flexibility index (Phi) is 5.06. The molecule has 1 saturated heterocycles. The van der Waals surface area contributed by atoms with Gasteiger partial charge in [-0.05, 0) is 37.5 Å². The Hall–Kier alpha value is -2.46. The molecule has 1 fully saturated rings. The third kappa shape index (κ3) is 3.89. The van der Waals surface area contributed by atoms with E-state index in [2.05, 4.69) is 17.4 Å². The van der Waals surface area contributed by atoms with Crippen LogP contribution in [0.25, 0.3) is 0 Å². The largest absolute Gasteiger partial charge is 0.373 e. The van der Waals surface area contributed by atoms with Crippen LogP contribution in [0.3, 0.4) is 0 Å². The summed E-state index contributed by atoms with van der Waals surface area (Å²) in [7, 11) is 0. The van der Waals surface area contributed by atoms with Crippen LogP contribution in [-0.2, 0) is 4.74 Å². The number of amides is 1. The molecule has 3 rings (SSSR count). The molecule has 2 atom stereocenters. The molecule has 2 unspecified atom stereocenters. The lowest BCUT2D eigenvalue weighted by molar-refractivity contribution is 0.000902. The Morgan fingerprint density at radius 2 is 1.67 bits per heavy atom. The maximum Gasteiger partial charge on any atom is 0.251 e. The van der Waals surface area contributed by atoms with E-state index in [-0.39, 0.29) is 23.8 Å². The number of rotatable bonds is 4. The summed E-state index contributed by atoms with van der Waals surface area (Å²) in [6.07, 6.45) is 1.59.